The van der Waals surface area contributed by atoms with E-state index in [4.69, 9.17) is 5.21 Å². The number of hydrogen-bond donors (Lipinski definition) is 3. The van der Waals surface area contributed by atoms with Crippen molar-refractivity contribution in [2.24, 2.45) is 0 Å². The number of rotatable bonds is 7. The van der Waals surface area contributed by atoms with E-state index < -0.39 is 0 Å². The van der Waals surface area contributed by atoms with Crippen molar-refractivity contribution in [3.05, 3.63) is 70.8 Å². The van der Waals surface area contributed by atoms with Gasteiger partial charge < -0.3 is 5.32 Å². The second-order valence-corrected chi connectivity index (χ2v) is 6.99. The second-order valence-electron chi connectivity index (χ2n) is 6.99. The molecule has 0 aromatic heterocycles. The van der Waals surface area contributed by atoms with Gasteiger partial charge in [0.1, 0.15) is 0 Å². The van der Waals surface area contributed by atoms with Gasteiger partial charge in [-0.05, 0) is 47.9 Å². The van der Waals surface area contributed by atoms with Crippen LogP contribution in [0.2, 0.25) is 0 Å². The van der Waals surface area contributed by atoms with Crippen LogP contribution in [0.4, 0.5) is 0 Å². The Morgan fingerprint density at radius 3 is 1.89 bits per heavy atom. The average molecular weight is 366 g/mol. The number of unbranched alkanes of at least 4 members (excludes halogenated alkanes) is 2. The predicted molar refractivity (Wildman–Crippen MR) is 103 cm³/mol. The number of carbonyl (C=O) groups is 2. The molecule has 0 unspecified atom stereocenters. The Balaban J connectivity index is 1.65. The summed E-state index contributed by atoms with van der Waals surface area (Å²) in [6.45, 7) is 0. The van der Waals surface area contributed by atoms with E-state index in [0.717, 1.165) is 25.7 Å². The summed E-state index contributed by atoms with van der Waals surface area (Å²) in [5.41, 5.74) is 6.55. The summed E-state index contributed by atoms with van der Waals surface area (Å²) in [6, 6.07) is 16.5. The summed E-state index contributed by atoms with van der Waals surface area (Å²) in [5, 5.41) is 11.7. The van der Waals surface area contributed by atoms with Gasteiger partial charge in [0.15, 0.2) is 0 Å². The first-order valence-corrected chi connectivity index (χ1v) is 9.57. The topological polar surface area (TPSA) is 78.4 Å². The Morgan fingerprint density at radius 1 is 0.815 bits per heavy atom. The molecule has 0 spiro atoms. The molecule has 0 fully saturated rings. The minimum Gasteiger partial charge on any atom is -0.345 e. The average Bonchev–Trinajstić information content (AvgIpc) is 2.85. The lowest BCUT2D eigenvalue weighted by atomic mass is 9.94. The lowest BCUT2D eigenvalue weighted by Gasteiger charge is -2.22. The molecule has 1 aliphatic carbocycles. The molecule has 3 rings (SSSR count). The van der Waals surface area contributed by atoms with Crippen LogP contribution in [0.5, 0.6) is 0 Å². The largest absolute Gasteiger partial charge is 0.345 e. The van der Waals surface area contributed by atoms with Gasteiger partial charge in [0.05, 0.1) is 6.04 Å². The van der Waals surface area contributed by atoms with Crippen LogP contribution in [0.3, 0.4) is 0 Å². The highest BCUT2D eigenvalue weighted by molar-refractivity contribution is 5.77. The van der Waals surface area contributed by atoms with Crippen molar-refractivity contribution in [3.63, 3.8) is 0 Å². The van der Waals surface area contributed by atoms with Gasteiger partial charge in [0.25, 0.3) is 0 Å². The van der Waals surface area contributed by atoms with E-state index in [1.165, 1.54) is 22.3 Å². The van der Waals surface area contributed by atoms with E-state index in [-0.39, 0.29) is 24.3 Å². The lowest BCUT2D eigenvalue weighted by Crippen LogP contribution is -2.29. The number of benzene rings is 2. The normalized spacial score (nSPS) is 13.2. The summed E-state index contributed by atoms with van der Waals surface area (Å²) < 4.78 is 0. The second kappa shape index (κ2) is 9.33. The van der Waals surface area contributed by atoms with E-state index >= 15 is 0 Å². The highest BCUT2D eigenvalue weighted by Gasteiger charge is 2.24. The maximum absolute atomic E-state index is 12.6. The van der Waals surface area contributed by atoms with Crippen molar-refractivity contribution in [2.45, 2.75) is 51.0 Å². The fourth-order valence-electron chi connectivity index (χ4n) is 3.72. The van der Waals surface area contributed by atoms with Crippen molar-refractivity contribution in [1.82, 2.24) is 10.8 Å². The molecule has 0 heterocycles. The summed E-state index contributed by atoms with van der Waals surface area (Å²) in [7, 11) is 0. The van der Waals surface area contributed by atoms with Crippen LogP contribution in [0.25, 0.3) is 0 Å². The fraction of sp³-hybridized carbons (Fsp3) is 0.364. The number of aryl methyl sites for hydroxylation is 2. The van der Waals surface area contributed by atoms with E-state index in [9.17, 15) is 9.59 Å². The molecule has 0 bridgehead atoms. The van der Waals surface area contributed by atoms with Gasteiger partial charge in [-0.1, -0.05) is 55.0 Å². The minimum absolute atomic E-state index is 0.0260. The Hall–Kier alpha value is -2.66. The van der Waals surface area contributed by atoms with Crippen LogP contribution in [-0.2, 0) is 22.4 Å². The van der Waals surface area contributed by atoms with Crippen molar-refractivity contribution in [1.29, 1.82) is 0 Å². The maximum atomic E-state index is 12.6. The van der Waals surface area contributed by atoms with Crippen LogP contribution in [0, 0.1) is 0 Å². The third-order valence-corrected chi connectivity index (χ3v) is 5.13. The zero-order chi connectivity index (χ0) is 19.1. The predicted octanol–water partition coefficient (Wildman–Crippen LogP) is 3.45. The number of hydroxylamine groups is 1. The molecule has 142 valence electrons. The Bertz CT molecular complexity index is 756. The highest BCUT2D eigenvalue weighted by Crippen LogP contribution is 2.32. The number of nitrogens with one attached hydrogen (secondary N) is 2. The first-order valence-electron chi connectivity index (χ1n) is 9.57. The number of hydrogen-bond acceptors (Lipinski definition) is 3. The molecule has 1 aliphatic rings. The molecule has 0 saturated heterocycles. The van der Waals surface area contributed by atoms with Gasteiger partial charge in [0.2, 0.25) is 11.8 Å². The molecule has 3 N–H and O–H groups in total. The van der Waals surface area contributed by atoms with Gasteiger partial charge >= 0.3 is 0 Å². The van der Waals surface area contributed by atoms with E-state index in [1.807, 2.05) is 12.1 Å². The standard InChI is InChI=1S/C22H26N2O3/c25-20(12-2-1-3-13-21(26)24-27)23-22-18-10-6-4-8-16(18)14-15-17-9-5-7-11-19(17)22/h4-11,22,27H,1-3,12-15H2,(H,23,25)(H,24,26). The molecule has 2 amide bonds. The van der Waals surface area contributed by atoms with Gasteiger partial charge in [-0.3, -0.25) is 14.8 Å². The SMILES string of the molecule is O=C(CCCCCC(=O)NC1c2ccccc2CCc2ccccc21)NO. The Morgan fingerprint density at radius 2 is 1.33 bits per heavy atom. The molecule has 0 atom stereocenters. The van der Waals surface area contributed by atoms with E-state index in [2.05, 4.69) is 41.7 Å². The minimum atomic E-state index is -0.383. The molecule has 2 aromatic rings. The van der Waals surface area contributed by atoms with E-state index in [1.54, 1.807) is 5.48 Å². The number of fused-ring (bicyclic) bond motifs is 2. The molecule has 0 aliphatic heterocycles. The number of carbonyl (C=O) groups excluding carboxylic acids is 2. The molecule has 5 heteroatoms. The molecule has 0 saturated carbocycles. The van der Waals surface area contributed by atoms with Gasteiger partial charge in [-0.25, -0.2) is 5.48 Å². The van der Waals surface area contributed by atoms with E-state index in [0.29, 0.717) is 12.8 Å². The van der Waals surface area contributed by atoms with Crippen molar-refractivity contribution >= 4 is 11.8 Å². The van der Waals surface area contributed by atoms with Gasteiger partial charge in [-0.15, -0.1) is 0 Å². The molecule has 27 heavy (non-hydrogen) atoms. The molecular formula is C22H26N2O3. The lowest BCUT2D eigenvalue weighted by molar-refractivity contribution is -0.129. The van der Waals surface area contributed by atoms with Gasteiger partial charge in [-0.2, -0.15) is 0 Å². The Kier molecular flexibility index (Phi) is 6.60. The summed E-state index contributed by atoms with van der Waals surface area (Å²) in [4.78, 5) is 23.6. The van der Waals surface area contributed by atoms with Crippen LogP contribution in [0.15, 0.2) is 48.5 Å². The molecule has 0 radical (unpaired) electrons. The third kappa shape index (κ3) is 4.95. The maximum Gasteiger partial charge on any atom is 0.243 e. The van der Waals surface area contributed by atoms with Gasteiger partial charge in [0, 0.05) is 12.8 Å². The zero-order valence-corrected chi connectivity index (χ0v) is 15.4. The quantitative estimate of drug-likeness (QED) is 0.399. The van der Waals surface area contributed by atoms with Crippen LogP contribution >= 0.6 is 0 Å². The Labute approximate surface area is 159 Å². The van der Waals surface area contributed by atoms with Crippen molar-refractivity contribution in [3.8, 4) is 0 Å². The number of amides is 2. The molecular weight excluding hydrogens is 340 g/mol. The van der Waals surface area contributed by atoms with Crippen LogP contribution in [0.1, 0.15) is 60.4 Å². The smallest absolute Gasteiger partial charge is 0.243 e. The molecule has 5 nitrogen and oxygen atoms in total. The van der Waals surface area contributed by atoms with Crippen LogP contribution in [-0.4, -0.2) is 17.0 Å². The third-order valence-electron chi connectivity index (χ3n) is 5.13. The monoisotopic (exact) mass is 366 g/mol. The van der Waals surface area contributed by atoms with Crippen molar-refractivity contribution < 1.29 is 14.8 Å². The molecule has 2 aromatic carbocycles. The van der Waals surface area contributed by atoms with Crippen molar-refractivity contribution in [2.75, 3.05) is 0 Å². The van der Waals surface area contributed by atoms with Crippen LogP contribution < -0.4 is 10.8 Å². The first-order chi connectivity index (χ1) is 13.2. The zero-order valence-electron chi connectivity index (χ0n) is 15.4. The summed E-state index contributed by atoms with van der Waals surface area (Å²) >= 11 is 0. The summed E-state index contributed by atoms with van der Waals surface area (Å²) in [6.07, 6.45) is 4.83. The first kappa shape index (κ1) is 19.1. The summed E-state index contributed by atoms with van der Waals surface area (Å²) in [5.74, 6) is -0.357. The highest BCUT2D eigenvalue weighted by atomic mass is 16.5. The fourth-order valence-corrected chi connectivity index (χ4v) is 3.72.